The van der Waals surface area contributed by atoms with Crippen molar-refractivity contribution in [3.8, 4) is 11.5 Å². The largest absolute Gasteiger partial charge is 0.492 e. The fraction of sp³-hybridized carbons (Fsp3) is 0.667. The van der Waals surface area contributed by atoms with Crippen LogP contribution in [0.15, 0.2) is 48.5 Å². The summed E-state index contributed by atoms with van der Waals surface area (Å²) >= 11 is 0. The molecule has 8 unspecified atom stereocenters. The molecule has 420 valence electrons. The molecule has 4 aliphatic heterocycles. The summed E-state index contributed by atoms with van der Waals surface area (Å²) in [4.78, 5) is 94.1. The van der Waals surface area contributed by atoms with E-state index >= 15 is 0 Å². The average Bonchev–Trinajstić information content (AvgIpc) is 4.22. The lowest BCUT2D eigenvalue weighted by atomic mass is 9.85. The van der Waals surface area contributed by atoms with Gasteiger partial charge in [0.2, 0.25) is 29.5 Å². The van der Waals surface area contributed by atoms with E-state index in [2.05, 4.69) is 21.3 Å². The number of aliphatic carboxylic acids is 1. The Kier molecular flexibility index (Phi) is 18.8. The Morgan fingerprint density at radius 1 is 0.684 bits per heavy atom. The normalized spacial score (nSPS) is 25.7. The Hall–Kier alpha value is -5.95. The molecule has 6 amide bonds. The molecule has 4 fully saturated rings. The van der Waals surface area contributed by atoms with Gasteiger partial charge in [0, 0.05) is 49.4 Å². The van der Waals surface area contributed by atoms with Gasteiger partial charge < -0.3 is 56.1 Å². The number of hydrogen-bond acceptors (Lipinski definition) is 12. The van der Waals surface area contributed by atoms with E-state index in [9.17, 15) is 33.6 Å². The molecule has 4 heterocycles. The number of carboxylic acid groups (broad SMARTS) is 1. The maximum absolute atomic E-state index is 13.8. The second kappa shape index (κ2) is 24.2. The van der Waals surface area contributed by atoms with E-state index in [0.717, 1.165) is 55.4 Å². The number of rotatable bonds is 11. The van der Waals surface area contributed by atoms with Crippen LogP contribution >= 0.6 is 0 Å². The molecule has 2 saturated carbocycles. The van der Waals surface area contributed by atoms with Gasteiger partial charge in [-0.25, -0.2) is 4.79 Å². The summed E-state index contributed by atoms with van der Waals surface area (Å²) < 4.78 is 16.2. The number of amides is 6. The maximum Gasteiger partial charge on any atom is 0.410 e. The number of nitrogens with zero attached hydrogens (tertiary/aromatic N) is 3. The van der Waals surface area contributed by atoms with Crippen LogP contribution in [0.25, 0.3) is 0 Å². The number of nitrogens with one attached hydrogen (secondary N) is 4. The molecular weight excluding hydrogens is 973 g/mol. The lowest BCUT2D eigenvalue weighted by Gasteiger charge is -2.38. The SMILES string of the molecule is CN[C@@H](C)C(=O)N[C@H](C(=O)N1CCC2CCC(NC(=O)C3COc4ccccc43)C21)C(C)(C)C.C[C@@H](C(=O)N[C@H](C(=O)N1CCC2CCC(N)C21)C(C)(C)C)N(C)C(=O)OC(C)(C)C.O=C(O)C1COc2ccccc21. The molecular formula is C57H86N8O11. The number of likely N-dealkylation sites (N-methyl/N-ethyl adjacent to an activating group) is 2. The summed E-state index contributed by atoms with van der Waals surface area (Å²) in [6.45, 7) is 22.4. The van der Waals surface area contributed by atoms with Crippen LogP contribution < -0.4 is 36.5 Å². The van der Waals surface area contributed by atoms with E-state index in [1.54, 1.807) is 53.8 Å². The summed E-state index contributed by atoms with van der Waals surface area (Å²) in [5.41, 5.74) is 6.41. The lowest BCUT2D eigenvalue weighted by molar-refractivity contribution is -0.141. The van der Waals surface area contributed by atoms with Gasteiger partial charge in [0.25, 0.3) is 0 Å². The van der Waals surface area contributed by atoms with E-state index < -0.39 is 52.5 Å². The minimum atomic E-state index is -0.819. The Bertz CT molecular complexity index is 2430. The summed E-state index contributed by atoms with van der Waals surface area (Å²) in [5, 5.41) is 20.9. The van der Waals surface area contributed by atoms with E-state index in [1.807, 2.05) is 87.7 Å². The van der Waals surface area contributed by atoms with Crippen molar-refractivity contribution in [2.45, 2.75) is 180 Å². The Morgan fingerprint density at radius 2 is 1.16 bits per heavy atom. The first kappa shape index (κ1) is 59.3. The van der Waals surface area contributed by atoms with Crippen molar-refractivity contribution in [3.63, 3.8) is 0 Å². The van der Waals surface area contributed by atoms with E-state index in [4.69, 9.17) is 25.1 Å². The molecule has 2 aliphatic carbocycles. The summed E-state index contributed by atoms with van der Waals surface area (Å²) in [6, 6.07) is 12.3. The van der Waals surface area contributed by atoms with Crippen molar-refractivity contribution in [1.82, 2.24) is 36.0 Å². The fourth-order valence-electron chi connectivity index (χ4n) is 11.3. The first-order chi connectivity index (χ1) is 35.5. The standard InChI is InChI=1S/C26H38N4O4.C22H40N4O4.C9H8O3/c1-15(27-5)23(31)29-22(26(2,3)4)25(33)30-13-12-16-10-11-19(21(16)30)28-24(32)18-14-34-20-9-7-6-8-17(18)20;1-13(25(8)20(29)30-22(5,6)7)18(27)24-17(21(2,3)4)19(28)26-12-11-14-9-10-15(23)16(14)26;10-9(11)7-5-12-8-4-2-1-3-6(7)8/h6-9,15-16,18-19,21-22,27H,10-14H2,1-5H3,(H,28,32)(H,29,31);13-17H,9-12,23H2,1-8H3,(H,24,27);1-4,7H,5H2,(H,10,11)/t15-,16?,18?,19?,21?,22+;13-,14?,15?,16?,17+;/m00./s1. The van der Waals surface area contributed by atoms with Gasteiger partial charge in [-0.15, -0.1) is 0 Å². The number of hydrogen-bond donors (Lipinski definition) is 6. The van der Waals surface area contributed by atoms with Crippen molar-refractivity contribution < 1.29 is 52.9 Å². The molecule has 76 heavy (non-hydrogen) atoms. The number of carbonyl (C=O) groups excluding carboxylic acids is 6. The Labute approximate surface area is 449 Å². The second-order valence-corrected chi connectivity index (χ2v) is 24.6. The van der Waals surface area contributed by atoms with Crippen LogP contribution in [0.3, 0.4) is 0 Å². The van der Waals surface area contributed by atoms with Crippen molar-refractivity contribution in [2.75, 3.05) is 40.4 Å². The predicted octanol–water partition coefficient (Wildman–Crippen LogP) is 5.16. The highest BCUT2D eigenvalue weighted by Crippen LogP contribution is 2.42. The molecule has 19 heteroatoms. The van der Waals surface area contributed by atoms with Crippen molar-refractivity contribution >= 4 is 41.6 Å². The maximum atomic E-state index is 13.8. The van der Waals surface area contributed by atoms with Crippen LogP contribution in [0.4, 0.5) is 4.79 Å². The smallest absolute Gasteiger partial charge is 0.410 e. The summed E-state index contributed by atoms with van der Waals surface area (Å²) in [6.07, 6.45) is 5.14. The van der Waals surface area contributed by atoms with Gasteiger partial charge in [0.1, 0.15) is 60.3 Å². The molecule has 2 saturated heterocycles. The van der Waals surface area contributed by atoms with Crippen molar-refractivity contribution in [3.05, 3.63) is 59.7 Å². The molecule has 6 aliphatic rings. The van der Waals surface area contributed by atoms with E-state index in [-0.39, 0.29) is 72.3 Å². The number of ether oxygens (including phenoxy) is 3. The number of benzene rings is 2. The van der Waals surface area contributed by atoms with Crippen LogP contribution in [0.1, 0.15) is 138 Å². The predicted molar refractivity (Wildman–Crippen MR) is 287 cm³/mol. The molecule has 7 N–H and O–H groups in total. The highest BCUT2D eigenvalue weighted by Gasteiger charge is 2.51. The topological polar surface area (TPSA) is 251 Å². The number of carboxylic acids is 1. The molecule has 0 aromatic heterocycles. The molecule has 0 spiro atoms. The number of carbonyl (C=O) groups is 7. The highest BCUT2D eigenvalue weighted by atomic mass is 16.6. The lowest BCUT2D eigenvalue weighted by Crippen LogP contribution is -2.60. The highest BCUT2D eigenvalue weighted by molar-refractivity contribution is 5.92. The zero-order valence-electron chi connectivity index (χ0n) is 47.1. The second-order valence-electron chi connectivity index (χ2n) is 24.6. The number of para-hydroxylation sites is 2. The third-order valence-electron chi connectivity index (χ3n) is 15.9. The quantitative estimate of drug-likeness (QED) is 0.171. The van der Waals surface area contributed by atoms with Crippen LogP contribution in [-0.2, 0) is 33.5 Å². The molecule has 19 nitrogen and oxygen atoms in total. The van der Waals surface area contributed by atoms with Gasteiger partial charge in [-0.1, -0.05) is 77.9 Å². The van der Waals surface area contributed by atoms with Gasteiger partial charge in [0.15, 0.2) is 0 Å². The molecule has 2 aromatic carbocycles. The van der Waals surface area contributed by atoms with Gasteiger partial charge in [-0.2, -0.15) is 0 Å². The monoisotopic (exact) mass is 1060 g/mol. The minimum Gasteiger partial charge on any atom is -0.492 e. The minimum absolute atomic E-state index is 0.00463. The summed E-state index contributed by atoms with van der Waals surface area (Å²) in [7, 11) is 3.25. The van der Waals surface area contributed by atoms with Crippen LogP contribution in [-0.4, -0.2) is 156 Å². The third kappa shape index (κ3) is 13.8. The van der Waals surface area contributed by atoms with Gasteiger partial charge >= 0.3 is 12.1 Å². The molecule has 0 radical (unpaired) electrons. The molecule has 0 bridgehead atoms. The number of nitrogens with two attached hydrogens (primary N) is 1. The van der Waals surface area contributed by atoms with Gasteiger partial charge in [0.05, 0.1) is 12.1 Å². The first-order valence-electron chi connectivity index (χ1n) is 27.1. The first-order valence-corrected chi connectivity index (χ1v) is 27.1. The molecule has 2 aromatic rings. The fourth-order valence-corrected chi connectivity index (χ4v) is 11.3. The zero-order valence-corrected chi connectivity index (χ0v) is 47.1. The van der Waals surface area contributed by atoms with Crippen molar-refractivity contribution in [2.24, 2.45) is 28.4 Å². The Balaban J connectivity index is 0.000000203. The summed E-state index contributed by atoms with van der Waals surface area (Å²) in [5.74, 6) is -0.114. The number of fused-ring (bicyclic) bond motifs is 4. The van der Waals surface area contributed by atoms with Crippen LogP contribution in [0.5, 0.6) is 11.5 Å². The molecule has 12 atom stereocenters. The number of likely N-dealkylation sites (tertiary alicyclic amines) is 2. The van der Waals surface area contributed by atoms with Gasteiger partial charge in [-0.05, 0) is 115 Å². The third-order valence-corrected chi connectivity index (χ3v) is 15.9. The zero-order chi connectivity index (χ0) is 56.2. The van der Waals surface area contributed by atoms with E-state index in [0.29, 0.717) is 37.3 Å². The molecule has 8 rings (SSSR count). The van der Waals surface area contributed by atoms with E-state index in [1.165, 1.54) is 11.9 Å². The Morgan fingerprint density at radius 3 is 1.67 bits per heavy atom. The van der Waals surface area contributed by atoms with Crippen molar-refractivity contribution in [1.29, 1.82) is 0 Å². The van der Waals surface area contributed by atoms with Crippen LogP contribution in [0.2, 0.25) is 0 Å². The average molecular weight is 1060 g/mol. The van der Waals surface area contributed by atoms with Crippen LogP contribution in [0, 0.1) is 22.7 Å². The van der Waals surface area contributed by atoms with Gasteiger partial charge in [-0.3, -0.25) is 33.7 Å².